The van der Waals surface area contributed by atoms with E-state index in [1.807, 2.05) is 18.2 Å². The van der Waals surface area contributed by atoms with E-state index in [2.05, 4.69) is 5.32 Å². The number of para-hydroxylation sites is 1. The third kappa shape index (κ3) is 4.29. The van der Waals surface area contributed by atoms with Gasteiger partial charge >= 0.3 is 0 Å². The van der Waals surface area contributed by atoms with Crippen LogP contribution in [0.1, 0.15) is 18.6 Å². The van der Waals surface area contributed by atoms with Crippen LogP contribution in [-0.4, -0.2) is 17.6 Å². The molecule has 5 heteroatoms. The summed E-state index contributed by atoms with van der Waals surface area (Å²) in [7, 11) is 0. The van der Waals surface area contributed by atoms with Crippen LogP contribution in [-0.2, 0) is 4.79 Å². The summed E-state index contributed by atoms with van der Waals surface area (Å²) in [6.45, 7) is 1.28. The number of halogens is 1. The number of anilines is 1. The van der Waals surface area contributed by atoms with Gasteiger partial charge in [-0.2, -0.15) is 0 Å². The molecule has 1 atom stereocenters. The van der Waals surface area contributed by atoms with Crippen molar-refractivity contribution in [3.63, 3.8) is 0 Å². The molecule has 0 heterocycles. The average molecular weight is 289 g/mol. The first-order valence-corrected chi connectivity index (χ1v) is 6.51. The zero-order valence-corrected chi connectivity index (χ0v) is 11.5. The van der Waals surface area contributed by atoms with Crippen LogP contribution in [0.15, 0.2) is 48.5 Å². The van der Waals surface area contributed by atoms with Crippen LogP contribution in [0.5, 0.6) is 5.75 Å². The molecule has 0 bridgehead atoms. The molecule has 21 heavy (non-hydrogen) atoms. The minimum absolute atomic E-state index is 0.222. The molecule has 110 valence electrons. The van der Waals surface area contributed by atoms with Crippen molar-refractivity contribution in [2.45, 2.75) is 13.0 Å². The Morgan fingerprint density at radius 1 is 1.29 bits per heavy atom. The number of carbonyl (C=O) groups is 1. The van der Waals surface area contributed by atoms with Crippen molar-refractivity contribution in [1.29, 1.82) is 0 Å². The zero-order chi connectivity index (χ0) is 15.2. The first-order valence-electron chi connectivity index (χ1n) is 6.51. The van der Waals surface area contributed by atoms with Crippen molar-refractivity contribution < 1.29 is 19.0 Å². The van der Waals surface area contributed by atoms with Crippen LogP contribution in [0.2, 0.25) is 0 Å². The summed E-state index contributed by atoms with van der Waals surface area (Å²) in [5.74, 6) is -0.510. The lowest BCUT2D eigenvalue weighted by Gasteiger charge is -2.13. The molecular weight excluding hydrogens is 273 g/mol. The highest BCUT2D eigenvalue weighted by Gasteiger charge is 2.12. The number of amides is 1. The van der Waals surface area contributed by atoms with E-state index in [0.29, 0.717) is 11.3 Å². The molecule has 0 saturated carbocycles. The molecule has 0 saturated heterocycles. The molecule has 1 unspecified atom stereocenters. The molecule has 2 N–H and O–H groups in total. The van der Waals surface area contributed by atoms with Crippen molar-refractivity contribution in [3.8, 4) is 5.75 Å². The van der Waals surface area contributed by atoms with Gasteiger partial charge in [-0.05, 0) is 37.3 Å². The minimum Gasteiger partial charge on any atom is -0.483 e. The molecule has 2 aromatic carbocycles. The molecule has 0 radical (unpaired) electrons. The SMILES string of the molecule is CC(O)c1cc(F)ccc1OCC(=O)Nc1ccccc1. The molecule has 4 nitrogen and oxygen atoms in total. The Labute approximate surface area is 122 Å². The number of carbonyl (C=O) groups excluding carboxylic acids is 1. The summed E-state index contributed by atoms with van der Waals surface area (Å²) >= 11 is 0. The maximum atomic E-state index is 13.1. The second kappa shape index (κ2) is 6.85. The topological polar surface area (TPSA) is 58.6 Å². The van der Waals surface area contributed by atoms with Gasteiger partial charge in [0.1, 0.15) is 11.6 Å². The van der Waals surface area contributed by atoms with E-state index in [4.69, 9.17) is 4.74 Å². The quantitative estimate of drug-likeness (QED) is 0.889. The van der Waals surface area contributed by atoms with Crippen LogP contribution < -0.4 is 10.1 Å². The Morgan fingerprint density at radius 3 is 2.67 bits per heavy atom. The van der Waals surface area contributed by atoms with Crippen molar-refractivity contribution in [1.82, 2.24) is 0 Å². The Bertz CT molecular complexity index is 614. The first kappa shape index (κ1) is 15.0. The second-order valence-electron chi connectivity index (χ2n) is 4.56. The Kier molecular flexibility index (Phi) is 4.90. The molecule has 1 amide bonds. The molecule has 2 aromatic rings. The van der Waals surface area contributed by atoms with Crippen LogP contribution >= 0.6 is 0 Å². The summed E-state index contributed by atoms with van der Waals surface area (Å²) in [5, 5.41) is 12.3. The number of hydrogen-bond donors (Lipinski definition) is 2. The highest BCUT2D eigenvalue weighted by atomic mass is 19.1. The molecule has 0 aromatic heterocycles. The predicted octanol–water partition coefficient (Wildman–Crippen LogP) is 2.90. The Balaban J connectivity index is 1.98. The fourth-order valence-corrected chi connectivity index (χ4v) is 1.84. The summed E-state index contributed by atoms with van der Waals surface area (Å²) < 4.78 is 18.5. The summed E-state index contributed by atoms with van der Waals surface area (Å²) in [5.41, 5.74) is 0.975. The summed E-state index contributed by atoms with van der Waals surface area (Å²) in [6, 6.07) is 12.8. The fraction of sp³-hybridized carbons (Fsp3) is 0.188. The number of aliphatic hydroxyl groups is 1. The summed E-state index contributed by atoms with van der Waals surface area (Å²) in [4.78, 5) is 11.8. The number of benzene rings is 2. The van der Waals surface area contributed by atoms with Crippen LogP contribution in [0, 0.1) is 5.82 Å². The van der Waals surface area contributed by atoms with Gasteiger partial charge < -0.3 is 15.2 Å². The normalized spacial score (nSPS) is 11.8. The third-order valence-corrected chi connectivity index (χ3v) is 2.84. The maximum Gasteiger partial charge on any atom is 0.262 e. The van der Waals surface area contributed by atoms with Crippen molar-refractivity contribution in [2.75, 3.05) is 11.9 Å². The monoisotopic (exact) mass is 289 g/mol. The maximum absolute atomic E-state index is 13.1. The van der Waals surface area contributed by atoms with Gasteiger partial charge in [0.2, 0.25) is 0 Å². The standard InChI is InChI=1S/C16H16FNO3/c1-11(19)14-9-12(17)7-8-15(14)21-10-16(20)18-13-5-3-2-4-6-13/h2-9,11,19H,10H2,1H3,(H,18,20). The molecular formula is C16H16FNO3. The van der Waals surface area contributed by atoms with Gasteiger partial charge in [-0.3, -0.25) is 4.79 Å². The summed E-state index contributed by atoms with van der Waals surface area (Å²) in [6.07, 6.45) is -0.882. The minimum atomic E-state index is -0.882. The van der Waals surface area contributed by atoms with Gasteiger partial charge in [-0.15, -0.1) is 0 Å². The molecule has 2 rings (SSSR count). The van der Waals surface area contributed by atoms with Crippen LogP contribution in [0.25, 0.3) is 0 Å². The highest BCUT2D eigenvalue weighted by molar-refractivity contribution is 5.91. The van der Waals surface area contributed by atoms with Gasteiger partial charge in [0, 0.05) is 11.3 Å². The third-order valence-electron chi connectivity index (χ3n) is 2.84. The van der Waals surface area contributed by atoms with Gasteiger partial charge in [0.05, 0.1) is 6.10 Å². The second-order valence-corrected chi connectivity index (χ2v) is 4.56. The van der Waals surface area contributed by atoms with E-state index in [1.165, 1.54) is 25.1 Å². The lowest BCUT2D eigenvalue weighted by Crippen LogP contribution is -2.20. The number of hydrogen-bond acceptors (Lipinski definition) is 3. The van der Waals surface area contributed by atoms with E-state index in [1.54, 1.807) is 12.1 Å². The van der Waals surface area contributed by atoms with Crippen molar-refractivity contribution in [2.24, 2.45) is 0 Å². The fourth-order valence-electron chi connectivity index (χ4n) is 1.84. The zero-order valence-electron chi connectivity index (χ0n) is 11.5. The molecule has 0 aliphatic rings. The van der Waals surface area contributed by atoms with Crippen LogP contribution in [0.3, 0.4) is 0 Å². The smallest absolute Gasteiger partial charge is 0.262 e. The average Bonchev–Trinajstić information content (AvgIpc) is 2.47. The van der Waals surface area contributed by atoms with Crippen molar-refractivity contribution in [3.05, 3.63) is 59.9 Å². The van der Waals surface area contributed by atoms with Gasteiger partial charge in [-0.1, -0.05) is 18.2 Å². The van der Waals surface area contributed by atoms with Crippen LogP contribution in [0.4, 0.5) is 10.1 Å². The largest absolute Gasteiger partial charge is 0.483 e. The molecule has 0 aliphatic carbocycles. The number of nitrogens with one attached hydrogen (secondary N) is 1. The van der Waals surface area contributed by atoms with Gasteiger partial charge in [0.15, 0.2) is 6.61 Å². The Morgan fingerprint density at radius 2 is 2.00 bits per heavy atom. The number of ether oxygens (including phenoxy) is 1. The predicted molar refractivity (Wildman–Crippen MR) is 77.6 cm³/mol. The number of aliphatic hydroxyl groups excluding tert-OH is 1. The molecule has 0 spiro atoms. The lowest BCUT2D eigenvalue weighted by molar-refractivity contribution is -0.118. The first-order chi connectivity index (χ1) is 10.1. The number of rotatable bonds is 5. The van der Waals surface area contributed by atoms with E-state index in [0.717, 1.165) is 0 Å². The van der Waals surface area contributed by atoms with Gasteiger partial charge in [-0.25, -0.2) is 4.39 Å². The highest BCUT2D eigenvalue weighted by Crippen LogP contribution is 2.25. The van der Waals surface area contributed by atoms with E-state index >= 15 is 0 Å². The lowest BCUT2D eigenvalue weighted by atomic mass is 10.1. The van der Waals surface area contributed by atoms with E-state index in [9.17, 15) is 14.3 Å². The Hall–Kier alpha value is -2.40. The van der Waals surface area contributed by atoms with Crippen molar-refractivity contribution >= 4 is 11.6 Å². The van der Waals surface area contributed by atoms with Gasteiger partial charge in [0.25, 0.3) is 5.91 Å². The molecule has 0 aliphatic heterocycles. The molecule has 0 fully saturated rings. The van der Waals surface area contributed by atoms with E-state index < -0.39 is 11.9 Å². The van der Waals surface area contributed by atoms with E-state index in [-0.39, 0.29) is 18.3 Å².